The van der Waals surface area contributed by atoms with Gasteiger partial charge in [-0.15, -0.1) is 0 Å². The Morgan fingerprint density at radius 2 is 2.04 bits per heavy atom. The van der Waals surface area contributed by atoms with Crippen molar-refractivity contribution in [2.24, 2.45) is 11.0 Å². The van der Waals surface area contributed by atoms with Crippen LogP contribution < -0.4 is 10.2 Å². The third-order valence-electron chi connectivity index (χ3n) is 2.88. The summed E-state index contributed by atoms with van der Waals surface area (Å²) >= 11 is 11.7. The van der Waals surface area contributed by atoms with Crippen molar-refractivity contribution in [1.82, 2.24) is 5.43 Å². The number of carbonyl (C=O) groups is 2. The van der Waals surface area contributed by atoms with Gasteiger partial charge in [0, 0.05) is 10.7 Å². The Morgan fingerprint density at radius 3 is 2.65 bits per heavy atom. The maximum Gasteiger partial charge on any atom is 0.314 e. The SMILES string of the molecule is CCOC(=O)[C@H](C)/C(C)=N/NC(=O)COc1ccc(Cl)cc1Cl. The predicted molar refractivity (Wildman–Crippen MR) is 89.0 cm³/mol. The van der Waals surface area contributed by atoms with Crippen LogP contribution in [0, 0.1) is 5.92 Å². The van der Waals surface area contributed by atoms with E-state index in [4.69, 9.17) is 32.7 Å². The van der Waals surface area contributed by atoms with Crippen LogP contribution in [0.5, 0.6) is 5.75 Å². The van der Waals surface area contributed by atoms with Crippen LogP contribution in [-0.2, 0) is 14.3 Å². The lowest BCUT2D eigenvalue weighted by molar-refractivity contribution is -0.145. The molecule has 1 N–H and O–H groups in total. The Morgan fingerprint density at radius 1 is 1.35 bits per heavy atom. The molecule has 0 fully saturated rings. The molecule has 0 aromatic heterocycles. The number of hydrazone groups is 1. The van der Waals surface area contributed by atoms with E-state index in [9.17, 15) is 9.59 Å². The first kappa shape index (κ1) is 19.3. The number of esters is 1. The van der Waals surface area contributed by atoms with Gasteiger partial charge in [0.05, 0.1) is 17.5 Å². The van der Waals surface area contributed by atoms with E-state index >= 15 is 0 Å². The number of rotatable bonds is 7. The van der Waals surface area contributed by atoms with Crippen molar-refractivity contribution in [3.05, 3.63) is 28.2 Å². The number of nitrogens with one attached hydrogen (secondary N) is 1. The van der Waals surface area contributed by atoms with E-state index in [-0.39, 0.29) is 6.61 Å². The molecule has 0 saturated carbocycles. The number of halogens is 2. The highest BCUT2D eigenvalue weighted by Crippen LogP contribution is 2.27. The van der Waals surface area contributed by atoms with Crippen molar-refractivity contribution in [3.63, 3.8) is 0 Å². The third-order valence-corrected chi connectivity index (χ3v) is 3.41. The van der Waals surface area contributed by atoms with Gasteiger partial charge in [-0.05, 0) is 39.0 Å². The van der Waals surface area contributed by atoms with Gasteiger partial charge in [-0.25, -0.2) is 5.43 Å². The van der Waals surface area contributed by atoms with E-state index < -0.39 is 17.8 Å². The summed E-state index contributed by atoms with van der Waals surface area (Å²) < 4.78 is 10.1. The standard InChI is InChI=1S/C15H18Cl2N2O4/c1-4-22-15(21)9(2)10(3)18-19-14(20)8-23-13-6-5-11(16)7-12(13)17/h5-7,9H,4,8H2,1-3H3,(H,19,20)/b18-10+/t9-/m1/s1. The zero-order chi connectivity index (χ0) is 17.4. The lowest BCUT2D eigenvalue weighted by Gasteiger charge is -2.10. The zero-order valence-corrected chi connectivity index (χ0v) is 14.6. The molecular weight excluding hydrogens is 343 g/mol. The molecule has 6 nitrogen and oxygen atoms in total. The fraction of sp³-hybridized carbons (Fsp3) is 0.400. The lowest BCUT2D eigenvalue weighted by Crippen LogP contribution is -2.28. The molecule has 8 heteroatoms. The molecule has 0 aliphatic rings. The van der Waals surface area contributed by atoms with Crippen molar-refractivity contribution in [2.75, 3.05) is 13.2 Å². The molecule has 1 atom stereocenters. The van der Waals surface area contributed by atoms with Crippen molar-refractivity contribution < 1.29 is 19.1 Å². The van der Waals surface area contributed by atoms with Crippen LogP contribution in [0.15, 0.2) is 23.3 Å². The summed E-state index contributed by atoms with van der Waals surface area (Å²) in [4.78, 5) is 23.2. The average molecular weight is 361 g/mol. The van der Waals surface area contributed by atoms with E-state index in [0.717, 1.165) is 0 Å². The van der Waals surface area contributed by atoms with E-state index in [2.05, 4.69) is 10.5 Å². The lowest BCUT2D eigenvalue weighted by atomic mass is 10.1. The van der Waals surface area contributed by atoms with Crippen LogP contribution in [0.4, 0.5) is 0 Å². The van der Waals surface area contributed by atoms with Crippen molar-refractivity contribution in [2.45, 2.75) is 20.8 Å². The van der Waals surface area contributed by atoms with Crippen molar-refractivity contribution in [1.29, 1.82) is 0 Å². The summed E-state index contributed by atoms with van der Waals surface area (Å²) in [5, 5.41) is 4.64. The molecule has 0 aliphatic heterocycles. The number of hydrogen-bond donors (Lipinski definition) is 1. The highest BCUT2D eigenvalue weighted by Gasteiger charge is 2.17. The fourth-order valence-electron chi connectivity index (χ4n) is 1.45. The number of hydrogen-bond acceptors (Lipinski definition) is 5. The zero-order valence-electron chi connectivity index (χ0n) is 13.1. The molecule has 0 heterocycles. The minimum atomic E-state index is -0.540. The number of carbonyl (C=O) groups excluding carboxylic acids is 2. The van der Waals surface area contributed by atoms with Crippen LogP contribution in [0.1, 0.15) is 20.8 Å². The number of benzene rings is 1. The quantitative estimate of drug-likeness (QED) is 0.460. The van der Waals surface area contributed by atoms with Gasteiger partial charge in [0.2, 0.25) is 0 Å². The van der Waals surface area contributed by atoms with Gasteiger partial charge in [-0.1, -0.05) is 23.2 Å². The molecule has 23 heavy (non-hydrogen) atoms. The first-order chi connectivity index (χ1) is 10.8. The van der Waals surface area contributed by atoms with Gasteiger partial charge in [-0.3, -0.25) is 9.59 Å². The summed E-state index contributed by atoms with van der Waals surface area (Å²) in [5.74, 6) is -1.08. The largest absolute Gasteiger partial charge is 0.482 e. The highest BCUT2D eigenvalue weighted by molar-refractivity contribution is 6.35. The van der Waals surface area contributed by atoms with Gasteiger partial charge in [0.15, 0.2) is 6.61 Å². The second kappa shape index (κ2) is 9.37. The van der Waals surface area contributed by atoms with E-state index in [1.54, 1.807) is 32.9 Å². The molecule has 0 bridgehead atoms. The number of amides is 1. The Bertz CT molecular complexity index is 605. The normalized spacial score (nSPS) is 12.5. The summed E-state index contributed by atoms with van der Waals surface area (Å²) in [6, 6.07) is 4.68. The van der Waals surface area contributed by atoms with Crippen LogP contribution in [0.3, 0.4) is 0 Å². The molecule has 0 saturated heterocycles. The number of ether oxygens (including phenoxy) is 2. The van der Waals surface area contributed by atoms with Gasteiger partial charge in [-0.2, -0.15) is 5.10 Å². The topological polar surface area (TPSA) is 77.0 Å². The second-order valence-electron chi connectivity index (χ2n) is 4.63. The summed E-state index contributed by atoms with van der Waals surface area (Å²) in [6.45, 7) is 5.01. The highest BCUT2D eigenvalue weighted by atomic mass is 35.5. The minimum Gasteiger partial charge on any atom is -0.482 e. The Kier molecular flexibility index (Phi) is 7.85. The maximum atomic E-state index is 11.7. The van der Waals surface area contributed by atoms with Crippen LogP contribution >= 0.6 is 23.2 Å². The van der Waals surface area contributed by atoms with Crippen molar-refractivity contribution in [3.8, 4) is 5.75 Å². The van der Waals surface area contributed by atoms with Gasteiger partial charge in [0.25, 0.3) is 5.91 Å². The minimum absolute atomic E-state index is 0.272. The molecule has 0 aliphatic carbocycles. The van der Waals surface area contributed by atoms with E-state index in [0.29, 0.717) is 28.1 Å². The van der Waals surface area contributed by atoms with E-state index in [1.807, 2.05) is 0 Å². The van der Waals surface area contributed by atoms with E-state index in [1.165, 1.54) is 6.07 Å². The fourth-order valence-corrected chi connectivity index (χ4v) is 1.92. The molecular formula is C15H18Cl2N2O4. The molecule has 0 unspecified atom stereocenters. The van der Waals surface area contributed by atoms with Crippen LogP contribution in [-0.4, -0.2) is 30.8 Å². The molecule has 126 valence electrons. The van der Waals surface area contributed by atoms with Gasteiger partial charge < -0.3 is 9.47 Å². The number of nitrogens with zero attached hydrogens (tertiary/aromatic N) is 1. The molecule has 1 amide bonds. The first-order valence-corrected chi connectivity index (χ1v) is 7.68. The monoisotopic (exact) mass is 360 g/mol. The summed E-state index contributed by atoms with van der Waals surface area (Å²) in [5.41, 5.74) is 2.74. The maximum absolute atomic E-state index is 11.7. The molecule has 1 rings (SSSR count). The molecule has 1 aromatic rings. The van der Waals surface area contributed by atoms with Gasteiger partial charge in [0.1, 0.15) is 5.75 Å². The summed E-state index contributed by atoms with van der Waals surface area (Å²) in [7, 11) is 0. The summed E-state index contributed by atoms with van der Waals surface area (Å²) in [6.07, 6.45) is 0. The molecule has 0 spiro atoms. The van der Waals surface area contributed by atoms with Crippen molar-refractivity contribution >= 4 is 40.8 Å². The Hall–Kier alpha value is -1.79. The predicted octanol–water partition coefficient (Wildman–Crippen LogP) is 3.06. The Balaban J connectivity index is 2.50. The second-order valence-corrected chi connectivity index (χ2v) is 5.47. The third kappa shape index (κ3) is 6.46. The smallest absolute Gasteiger partial charge is 0.314 e. The van der Waals surface area contributed by atoms with Crippen LogP contribution in [0.2, 0.25) is 10.0 Å². The molecule has 0 radical (unpaired) electrons. The molecule has 1 aromatic carbocycles. The van der Waals surface area contributed by atoms with Crippen LogP contribution in [0.25, 0.3) is 0 Å². The van der Waals surface area contributed by atoms with Gasteiger partial charge >= 0.3 is 5.97 Å². The first-order valence-electron chi connectivity index (χ1n) is 6.92. The average Bonchev–Trinajstić information content (AvgIpc) is 2.51. The Labute approximate surface area is 144 Å².